The molecule has 1 nitrogen and oxygen atoms in total. The van der Waals surface area contributed by atoms with E-state index in [0.29, 0.717) is 0 Å². The molecule has 0 bridgehead atoms. The quantitative estimate of drug-likeness (QED) is 0.591. The Kier molecular flexibility index (Phi) is 3.57. The van der Waals surface area contributed by atoms with Crippen molar-refractivity contribution in [2.24, 2.45) is 0 Å². The van der Waals surface area contributed by atoms with E-state index >= 15 is 0 Å². The summed E-state index contributed by atoms with van der Waals surface area (Å²) >= 11 is 1.77. The summed E-state index contributed by atoms with van der Waals surface area (Å²) in [4.78, 5) is 1.30. The van der Waals surface area contributed by atoms with Gasteiger partial charge in [0.15, 0.2) is 0 Å². The predicted molar refractivity (Wildman–Crippen MR) is 83.8 cm³/mol. The molecule has 0 N–H and O–H groups in total. The molecule has 0 amide bonds. The average molecular weight is 275 g/mol. The Morgan fingerprint density at radius 1 is 0.895 bits per heavy atom. The Hall–Kier alpha value is -1.15. The van der Waals surface area contributed by atoms with E-state index in [1.807, 2.05) is 0 Å². The number of hydrogen-bond acceptors (Lipinski definition) is 1. The zero-order valence-electron chi connectivity index (χ0n) is 12.7. The minimum atomic E-state index is 0.0211. The summed E-state index contributed by atoms with van der Waals surface area (Å²) < 4.78 is 6.15. The van der Waals surface area contributed by atoms with Crippen molar-refractivity contribution in [2.75, 3.05) is 0 Å². The second-order valence-electron chi connectivity index (χ2n) is 7.05. The lowest BCUT2D eigenvalue weighted by Crippen LogP contribution is -2.16. The zero-order chi connectivity index (χ0) is 14.3. The fraction of sp³-hybridized carbons (Fsp3) is 0.471. The predicted octanol–water partition coefficient (Wildman–Crippen LogP) is 5.88. The molecule has 0 spiro atoms. The average Bonchev–Trinajstić information content (AvgIpc) is 2.79. The normalized spacial score (nSPS) is 12.7. The van der Waals surface area contributed by atoms with Crippen molar-refractivity contribution < 1.29 is 4.42 Å². The summed E-state index contributed by atoms with van der Waals surface area (Å²) in [5.41, 5.74) is 1.30. The van der Waals surface area contributed by atoms with Crippen LogP contribution in [0.15, 0.2) is 34.1 Å². The van der Waals surface area contributed by atoms with Crippen LogP contribution in [-0.2, 0) is 10.8 Å². The third-order valence-corrected chi connectivity index (χ3v) is 4.00. The maximum absolute atomic E-state index is 6.15. The van der Waals surface area contributed by atoms with Gasteiger partial charge in [-0.1, -0.05) is 6.07 Å². The molecule has 19 heavy (non-hydrogen) atoms. The minimum absolute atomic E-state index is 0.0211. The Labute approximate surface area is 120 Å². The molecule has 2 aromatic heterocycles. The van der Waals surface area contributed by atoms with Gasteiger partial charge in [0.25, 0.3) is 0 Å². The Morgan fingerprint density at radius 3 is 1.79 bits per heavy atom. The molecule has 0 unspecified atom stereocenters. The van der Waals surface area contributed by atoms with Gasteiger partial charge in [0.05, 0.1) is 10.8 Å². The summed E-state index contributed by atoms with van der Waals surface area (Å²) in [5.74, 6) is 2.09. The lowest BCUT2D eigenvalue weighted by Gasteiger charge is -2.14. The molecular formula is C17H23OS+. The number of thiophene rings is 1. The first-order valence-electron chi connectivity index (χ1n) is 6.71. The van der Waals surface area contributed by atoms with Gasteiger partial charge in [-0.25, -0.2) is 4.42 Å². The van der Waals surface area contributed by atoms with E-state index in [4.69, 9.17) is 4.42 Å². The van der Waals surface area contributed by atoms with Gasteiger partial charge >= 0.3 is 11.5 Å². The summed E-state index contributed by atoms with van der Waals surface area (Å²) in [6, 6.07) is 8.62. The highest BCUT2D eigenvalue weighted by atomic mass is 32.1. The largest absolute Gasteiger partial charge is 0.335 e. The van der Waals surface area contributed by atoms with Crippen molar-refractivity contribution in [3.05, 3.63) is 41.2 Å². The van der Waals surface area contributed by atoms with Crippen LogP contribution in [0.1, 0.15) is 53.1 Å². The summed E-state index contributed by atoms with van der Waals surface area (Å²) in [6.07, 6.45) is 0. The molecule has 0 saturated heterocycles. The van der Waals surface area contributed by atoms with Gasteiger partial charge in [-0.3, -0.25) is 0 Å². The highest BCUT2D eigenvalue weighted by molar-refractivity contribution is 7.13. The lowest BCUT2D eigenvalue weighted by atomic mass is 9.88. The monoisotopic (exact) mass is 275 g/mol. The summed E-state index contributed by atoms with van der Waals surface area (Å²) in [5, 5.41) is 2.12. The van der Waals surface area contributed by atoms with E-state index in [2.05, 4.69) is 71.2 Å². The molecule has 2 aromatic rings. The van der Waals surface area contributed by atoms with Gasteiger partial charge < -0.3 is 0 Å². The van der Waals surface area contributed by atoms with Crippen molar-refractivity contribution >= 4 is 11.3 Å². The maximum atomic E-state index is 6.15. The molecule has 0 aromatic carbocycles. The third-order valence-electron chi connectivity index (χ3n) is 3.08. The van der Waals surface area contributed by atoms with E-state index in [1.54, 1.807) is 11.3 Å². The molecule has 0 aliphatic carbocycles. The SMILES string of the molecule is CC(C)(C)c1cc(-c2cccs2)cc(C(C)(C)C)[o+]1. The van der Waals surface area contributed by atoms with Crippen LogP contribution in [0.3, 0.4) is 0 Å². The maximum Gasteiger partial charge on any atom is 0.335 e. The van der Waals surface area contributed by atoms with Crippen molar-refractivity contribution in [3.8, 4) is 10.4 Å². The molecule has 0 aliphatic heterocycles. The van der Waals surface area contributed by atoms with Crippen LogP contribution in [0.5, 0.6) is 0 Å². The molecule has 0 saturated carbocycles. The van der Waals surface area contributed by atoms with E-state index in [-0.39, 0.29) is 10.8 Å². The standard InChI is InChI=1S/C17H23OS/c1-16(2,3)14-10-12(13-8-7-9-19-13)11-15(18-14)17(4,5)6/h7-11H,1-6H3/q+1. The molecular weight excluding hydrogens is 252 g/mol. The van der Waals surface area contributed by atoms with Crippen molar-refractivity contribution in [3.63, 3.8) is 0 Å². The second-order valence-corrected chi connectivity index (χ2v) is 8.00. The van der Waals surface area contributed by atoms with Crippen LogP contribution >= 0.6 is 11.3 Å². The highest BCUT2D eigenvalue weighted by Crippen LogP contribution is 2.35. The van der Waals surface area contributed by atoms with E-state index < -0.39 is 0 Å². The summed E-state index contributed by atoms with van der Waals surface area (Å²) in [7, 11) is 0. The van der Waals surface area contributed by atoms with E-state index in [0.717, 1.165) is 11.5 Å². The molecule has 0 aliphatic rings. The third kappa shape index (κ3) is 3.24. The molecule has 0 fully saturated rings. The van der Waals surface area contributed by atoms with Gasteiger partial charge in [-0.15, -0.1) is 11.3 Å². The summed E-state index contributed by atoms with van der Waals surface area (Å²) in [6.45, 7) is 13.1. The first-order chi connectivity index (χ1) is 8.68. The Bertz CT molecular complexity index is 522. The van der Waals surface area contributed by atoms with Crippen molar-refractivity contribution in [2.45, 2.75) is 52.4 Å². The van der Waals surface area contributed by atoms with Crippen LogP contribution in [0, 0.1) is 0 Å². The lowest BCUT2D eigenvalue weighted by molar-refractivity contribution is 0.329. The second kappa shape index (κ2) is 4.75. The molecule has 102 valence electrons. The van der Waals surface area contributed by atoms with Gasteiger partial charge in [0.2, 0.25) is 0 Å². The topological polar surface area (TPSA) is 11.3 Å². The van der Waals surface area contributed by atoms with E-state index in [9.17, 15) is 0 Å². The minimum Gasteiger partial charge on any atom is -0.217 e. The fourth-order valence-electron chi connectivity index (χ4n) is 1.83. The molecule has 0 radical (unpaired) electrons. The number of rotatable bonds is 1. The van der Waals surface area contributed by atoms with Crippen LogP contribution in [-0.4, -0.2) is 0 Å². The Balaban J connectivity index is 2.62. The first-order valence-corrected chi connectivity index (χ1v) is 7.59. The molecule has 2 heterocycles. The van der Waals surface area contributed by atoms with Crippen LogP contribution in [0.4, 0.5) is 0 Å². The zero-order valence-corrected chi connectivity index (χ0v) is 13.5. The smallest absolute Gasteiger partial charge is 0.217 e. The van der Waals surface area contributed by atoms with Crippen molar-refractivity contribution in [1.82, 2.24) is 0 Å². The fourth-order valence-corrected chi connectivity index (χ4v) is 2.54. The van der Waals surface area contributed by atoms with Crippen LogP contribution in [0.25, 0.3) is 10.4 Å². The molecule has 0 atom stereocenters. The Morgan fingerprint density at radius 2 is 1.42 bits per heavy atom. The van der Waals surface area contributed by atoms with Gasteiger partial charge in [0.1, 0.15) is 0 Å². The van der Waals surface area contributed by atoms with Crippen molar-refractivity contribution in [1.29, 1.82) is 0 Å². The first kappa shape index (κ1) is 14.3. The highest BCUT2D eigenvalue weighted by Gasteiger charge is 2.34. The van der Waals surface area contributed by atoms with Gasteiger partial charge in [-0.05, 0) is 53.0 Å². The van der Waals surface area contributed by atoms with Gasteiger partial charge in [-0.2, -0.15) is 0 Å². The van der Waals surface area contributed by atoms with Gasteiger partial charge in [0, 0.05) is 22.6 Å². The molecule has 2 rings (SSSR count). The molecule has 2 heteroatoms. The van der Waals surface area contributed by atoms with Crippen LogP contribution < -0.4 is 0 Å². The van der Waals surface area contributed by atoms with Crippen LogP contribution in [0.2, 0.25) is 0 Å². The number of hydrogen-bond donors (Lipinski definition) is 0. The van der Waals surface area contributed by atoms with E-state index in [1.165, 1.54) is 10.4 Å².